The standard InChI is InChI=1S/C14H21FN2O/c1-10-5-6-17(14(10)9-18)13(8-16)11-3-2-4-12(15)7-11/h2-4,7,10,13-14,18H,5-6,8-9,16H2,1H3. The predicted octanol–water partition coefficient (Wildman–Crippen LogP) is 1.53. The van der Waals surface area contributed by atoms with Crippen LogP contribution in [0, 0.1) is 11.7 Å². The van der Waals surface area contributed by atoms with Gasteiger partial charge in [0.1, 0.15) is 5.82 Å². The van der Waals surface area contributed by atoms with Crippen molar-refractivity contribution in [1.82, 2.24) is 4.90 Å². The summed E-state index contributed by atoms with van der Waals surface area (Å²) < 4.78 is 13.3. The first kappa shape index (κ1) is 13.5. The molecule has 0 amide bonds. The van der Waals surface area contributed by atoms with Gasteiger partial charge < -0.3 is 10.8 Å². The van der Waals surface area contributed by atoms with E-state index in [0.717, 1.165) is 18.5 Å². The molecule has 3 N–H and O–H groups in total. The van der Waals surface area contributed by atoms with Crippen LogP contribution < -0.4 is 5.73 Å². The second-order valence-corrected chi connectivity index (χ2v) is 5.06. The van der Waals surface area contributed by atoms with E-state index in [4.69, 9.17) is 5.73 Å². The minimum atomic E-state index is -0.237. The molecule has 1 aromatic rings. The van der Waals surface area contributed by atoms with Gasteiger partial charge in [0, 0.05) is 18.6 Å². The summed E-state index contributed by atoms with van der Waals surface area (Å²) in [4.78, 5) is 2.21. The van der Waals surface area contributed by atoms with Gasteiger partial charge in [-0.1, -0.05) is 19.1 Å². The molecule has 1 aromatic carbocycles. The fourth-order valence-electron chi connectivity index (χ4n) is 2.89. The zero-order chi connectivity index (χ0) is 13.1. The largest absolute Gasteiger partial charge is 0.395 e. The third-order valence-electron chi connectivity index (χ3n) is 3.97. The Hall–Kier alpha value is -0.970. The monoisotopic (exact) mass is 252 g/mol. The van der Waals surface area contributed by atoms with Gasteiger partial charge in [-0.15, -0.1) is 0 Å². The zero-order valence-corrected chi connectivity index (χ0v) is 10.7. The van der Waals surface area contributed by atoms with Gasteiger partial charge >= 0.3 is 0 Å². The Morgan fingerprint density at radius 2 is 2.33 bits per heavy atom. The first-order valence-corrected chi connectivity index (χ1v) is 6.49. The molecule has 18 heavy (non-hydrogen) atoms. The molecule has 1 aliphatic heterocycles. The minimum Gasteiger partial charge on any atom is -0.395 e. The first-order valence-electron chi connectivity index (χ1n) is 6.49. The van der Waals surface area contributed by atoms with Crippen molar-refractivity contribution in [3.8, 4) is 0 Å². The predicted molar refractivity (Wildman–Crippen MR) is 69.6 cm³/mol. The van der Waals surface area contributed by atoms with Gasteiger partial charge in [0.25, 0.3) is 0 Å². The van der Waals surface area contributed by atoms with Crippen molar-refractivity contribution >= 4 is 0 Å². The third-order valence-corrected chi connectivity index (χ3v) is 3.97. The molecular formula is C14H21FN2O. The van der Waals surface area contributed by atoms with Gasteiger partial charge in [0.15, 0.2) is 0 Å². The number of nitrogens with zero attached hydrogens (tertiary/aromatic N) is 1. The maximum Gasteiger partial charge on any atom is 0.123 e. The van der Waals surface area contributed by atoms with E-state index >= 15 is 0 Å². The Labute approximate surface area is 107 Å². The fraction of sp³-hybridized carbons (Fsp3) is 0.571. The molecular weight excluding hydrogens is 231 g/mol. The summed E-state index contributed by atoms with van der Waals surface area (Å²) in [5, 5.41) is 9.50. The van der Waals surface area contributed by atoms with Crippen LogP contribution in [0.4, 0.5) is 4.39 Å². The Bertz CT molecular complexity index is 399. The fourth-order valence-corrected chi connectivity index (χ4v) is 2.89. The summed E-state index contributed by atoms with van der Waals surface area (Å²) in [5.74, 6) is 0.219. The van der Waals surface area contributed by atoms with Gasteiger partial charge in [-0.05, 0) is 36.6 Å². The molecule has 1 saturated heterocycles. The summed E-state index contributed by atoms with van der Waals surface area (Å²) in [6.07, 6.45) is 1.05. The van der Waals surface area contributed by atoms with Crippen molar-refractivity contribution in [3.63, 3.8) is 0 Å². The van der Waals surface area contributed by atoms with Crippen LogP contribution in [0.25, 0.3) is 0 Å². The van der Waals surface area contributed by atoms with E-state index in [9.17, 15) is 9.50 Å². The van der Waals surface area contributed by atoms with E-state index < -0.39 is 0 Å². The molecule has 0 spiro atoms. The number of likely N-dealkylation sites (tertiary alicyclic amines) is 1. The van der Waals surface area contributed by atoms with Gasteiger partial charge in [-0.25, -0.2) is 4.39 Å². The van der Waals surface area contributed by atoms with Gasteiger partial charge in [0.05, 0.1) is 6.61 Å². The summed E-state index contributed by atoms with van der Waals surface area (Å²) in [6, 6.07) is 6.70. The number of aliphatic hydroxyl groups is 1. The van der Waals surface area contributed by atoms with Crippen LogP contribution in [0.1, 0.15) is 24.9 Å². The van der Waals surface area contributed by atoms with E-state index in [0.29, 0.717) is 12.5 Å². The molecule has 3 nitrogen and oxygen atoms in total. The van der Waals surface area contributed by atoms with Crippen molar-refractivity contribution < 1.29 is 9.50 Å². The molecule has 0 bridgehead atoms. The number of halogens is 1. The molecule has 100 valence electrons. The smallest absolute Gasteiger partial charge is 0.123 e. The van der Waals surface area contributed by atoms with Crippen LogP contribution in [0.5, 0.6) is 0 Å². The minimum absolute atomic E-state index is 0.0113. The van der Waals surface area contributed by atoms with Gasteiger partial charge in [0.2, 0.25) is 0 Å². The second kappa shape index (κ2) is 5.78. The molecule has 1 fully saturated rings. The normalized spacial score (nSPS) is 26.4. The lowest BCUT2D eigenvalue weighted by Gasteiger charge is -2.33. The number of nitrogens with two attached hydrogens (primary N) is 1. The lowest BCUT2D eigenvalue weighted by atomic mass is 10.0. The maximum absolute atomic E-state index is 13.3. The number of hydrogen-bond donors (Lipinski definition) is 2. The summed E-state index contributed by atoms with van der Waals surface area (Å²) in [5.41, 5.74) is 6.74. The summed E-state index contributed by atoms with van der Waals surface area (Å²) in [6.45, 7) is 3.62. The number of aliphatic hydroxyl groups excluding tert-OH is 1. The average Bonchev–Trinajstić information content (AvgIpc) is 2.72. The Kier molecular flexibility index (Phi) is 4.32. The molecule has 0 aromatic heterocycles. The molecule has 3 unspecified atom stereocenters. The van der Waals surface area contributed by atoms with Crippen molar-refractivity contribution in [3.05, 3.63) is 35.6 Å². The molecule has 0 saturated carbocycles. The zero-order valence-electron chi connectivity index (χ0n) is 10.7. The topological polar surface area (TPSA) is 49.5 Å². The lowest BCUT2D eigenvalue weighted by molar-refractivity contribution is 0.105. The van der Waals surface area contributed by atoms with Crippen molar-refractivity contribution in [2.45, 2.75) is 25.4 Å². The van der Waals surface area contributed by atoms with E-state index in [1.54, 1.807) is 6.07 Å². The van der Waals surface area contributed by atoms with Crippen molar-refractivity contribution in [2.75, 3.05) is 19.7 Å². The molecule has 1 heterocycles. The lowest BCUT2D eigenvalue weighted by Crippen LogP contribution is -2.41. The van der Waals surface area contributed by atoms with Gasteiger partial charge in [-0.3, -0.25) is 4.90 Å². The molecule has 2 rings (SSSR count). The van der Waals surface area contributed by atoms with Crippen LogP contribution in [0.3, 0.4) is 0 Å². The highest BCUT2D eigenvalue weighted by Crippen LogP contribution is 2.32. The summed E-state index contributed by atoms with van der Waals surface area (Å²) >= 11 is 0. The van der Waals surface area contributed by atoms with E-state index in [1.165, 1.54) is 12.1 Å². The molecule has 1 aliphatic rings. The SMILES string of the molecule is CC1CCN(C(CN)c2cccc(F)c2)C1CO. The van der Waals surface area contributed by atoms with Crippen LogP contribution in [0.15, 0.2) is 24.3 Å². The molecule has 4 heteroatoms. The Morgan fingerprint density at radius 3 is 2.94 bits per heavy atom. The second-order valence-electron chi connectivity index (χ2n) is 5.06. The third kappa shape index (κ3) is 2.55. The highest BCUT2D eigenvalue weighted by Gasteiger charge is 2.35. The first-order chi connectivity index (χ1) is 8.67. The highest BCUT2D eigenvalue weighted by molar-refractivity contribution is 5.21. The quantitative estimate of drug-likeness (QED) is 0.854. The molecule has 0 aliphatic carbocycles. The van der Waals surface area contributed by atoms with Crippen LogP contribution in [-0.4, -0.2) is 35.7 Å². The Morgan fingerprint density at radius 1 is 1.56 bits per heavy atom. The summed E-state index contributed by atoms with van der Waals surface area (Å²) in [7, 11) is 0. The van der Waals surface area contributed by atoms with Crippen LogP contribution in [-0.2, 0) is 0 Å². The molecule has 3 atom stereocenters. The number of rotatable bonds is 4. The van der Waals surface area contributed by atoms with Crippen LogP contribution >= 0.6 is 0 Å². The van der Waals surface area contributed by atoms with Crippen LogP contribution in [0.2, 0.25) is 0 Å². The highest BCUT2D eigenvalue weighted by atomic mass is 19.1. The van der Waals surface area contributed by atoms with Crippen molar-refractivity contribution in [1.29, 1.82) is 0 Å². The van der Waals surface area contributed by atoms with Crippen molar-refractivity contribution in [2.24, 2.45) is 11.7 Å². The maximum atomic E-state index is 13.3. The number of benzene rings is 1. The van der Waals surface area contributed by atoms with E-state index in [-0.39, 0.29) is 24.5 Å². The Balaban J connectivity index is 2.23. The number of hydrogen-bond acceptors (Lipinski definition) is 3. The molecule has 0 radical (unpaired) electrons. The average molecular weight is 252 g/mol. The van der Waals surface area contributed by atoms with E-state index in [2.05, 4.69) is 11.8 Å². The van der Waals surface area contributed by atoms with Gasteiger partial charge in [-0.2, -0.15) is 0 Å². The van der Waals surface area contributed by atoms with E-state index in [1.807, 2.05) is 6.07 Å².